The summed E-state index contributed by atoms with van der Waals surface area (Å²) in [5, 5.41) is 0. The van der Waals surface area contributed by atoms with E-state index in [0.717, 1.165) is 6.07 Å². The van der Waals surface area contributed by atoms with Gasteiger partial charge in [-0.25, -0.2) is 9.18 Å². The highest BCUT2D eigenvalue weighted by molar-refractivity contribution is 6.19. The normalized spacial score (nSPS) is 9.47. The molecule has 78 valence electrons. The molecule has 1 aromatic carbocycles. The van der Waals surface area contributed by atoms with Gasteiger partial charge in [0.2, 0.25) is 5.78 Å². The molecule has 0 aliphatic carbocycles. The van der Waals surface area contributed by atoms with Gasteiger partial charge < -0.3 is 0 Å². The molecule has 1 aromatic rings. The van der Waals surface area contributed by atoms with Crippen LogP contribution in [0.4, 0.5) is 4.39 Å². The van der Waals surface area contributed by atoms with E-state index >= 15 is 0 Å². The molecular formula is C11H8ClFO2. The van der Waals surface area contributed by atoms with E-state index in [1.807, 2.05) is 0 Å². The highest BCUT2D eigenvalue weighted by atomic mass is 35.5. The van der Waals surface area contributed by atoms with Crippen molar-refractivity contribution in [1.82, 2.24) is 0 Å². The molecule has 0 fully saturated rings. The standard InChI is InChI=1S/C11H8ClFO2/c12-6-5-8(7-14)11(15)9-3-1-2-4-10(9)13/h1-4H,5-6H2. The number of carbonyl (C=O) groups excluding carboxylic acids is 2. The Kier molecular flexibility index (Phi) is 4.22. The van der Waals surface area contributed by atoms with Crippen LogP contribution in [0.15, 0.2) is 29.8 Å². The van der Waals surface area contributed by atoms with E-state index in [1.54, 1.807) is 0 Å². The van der Waals surface area contributed by atoms with Crippen LogP contribution in [0.2, 0.25) is 0 Å². The third kappa shape index (κ3) is 2.75. The minimum absolute atomic E-state index is 0.0955. The summed E-state index contributed by atoms with van der Waals surface area (Å²) in [7, 11) is 0. The number of ketones is 1. The summed E-state index contributed by atoms with van der Waals surface area (Å²) < 4.78 is 13.2. The lowest BCUT2D eigenvalue weighted by Crippen LogP contribution is -2.07. The molecule has 0 bridgehead atoms. The molecule has 15 heavy (non-hydrogen) atoms. The largest absolute Gasteiger partial charge is 0.288 e. The van der Waals surface area contributed by atoms with Gasteiger partial charge in [-0.15, -0.1) is 11.6 Å². The maximum absolute atomic E-state index is 13.2. The lowest BCUT2D eigenvalue weighted by Gasteiger charge is -2.01. The molecule has 0 unspecified atom stereocenters. The molecule has 4 heteroatoms. The van der Waals surface area contributed by atoms with Gasteiger partial charge in [0, 0.05) is 12.3 Å². The minimum atomic E-state index is -0.649. The zero-order chi connectivity index (χ0) is 11.3. The molecule has 0 aliphatic heterocycles. The van der Waals surface area contributed by atoms with Crippen LogP contribution < -0.4 is 0 Å². The molecule has 2 nitrogen and oxygen atoms in total. The van der Waals surface area contributed by atoms with Crippen molar-refractivity contribution in [3.05, 3.63) is 41.2 Å². The Morgan fingerprint density at radius 1 is 1.40 bits per heavy atom. The van der Waals surface area contributed by atoms with Crippen molar-refractivity contribution in [2.45, 2.75) is 6.42 Å². The molecule has 0 radical (unpaired) electrons. The monoisotopic (exact) mass is 226 g/mol. The predicted molar refractivity (Wildman–Crippen MR) is 55.3 cm³/mol. The smallest absolute Gasteiger partial charge is 0.202 e. The first-order chi connectivity index (χ1) is 7.20. The fourth-order valence-corrected chi connectivity index (χ4v) is 1.30. The lowest BCUT2D eigenvalue weighted by atomic mass is 10.0. The summed E-state index contributed by atoms with van der Waals surface area (Å²) in [5.74, 6) is 0.327. The number of hydrogen-bond acceptors (Lipinski definition) is 2. The number of benzene rings is 1. The van der Waals surface area contributed by atoms with Crippen molar-refractivity contribution in [3.8, 4) is 0 Å². The van der Waals surface area contributed by atoms with Crippen LogP contribution in [0.5, 0.6) is 0 Å². The predicted octanol–water partition coefficient (Wildman–Crippen LogP) is 2.40. The average molecular weight is 227 g/mol. The fraction of sp³-hybridized carbons (Fsp3) is 0.182. The van der Waals surface area contributed by atoms with Gasteiger partial charge in [-0.1, -0.05) is 12.1 Å². The second kappa shape index (κ2) is 5.44. The highest BCUT2D eigenvalue weighted by Crippen LogP contribution is 2.13. The maximum atomic E-state index is 13.2. The van der Waals surface area contributed by atoms with Crippen molar-refractivity contribution in [1.29, 1.82) is 0 Å². The average Bonchev–Trinajstić information content (AvgIpc) is 2.25. The van der Waals surface area contributed by atoms with E-state index in [4.69, 9.17) is 11.6 Å². The fourth-order valence-electron chi connectivity index (χ4n) is 1.11. The van der Waals surface area contributed by atoms with Crippen molar-refractivity contribution < 1.29 is 14.0 Å². The van der Waals surface area contributed by atoms with Gasteiger partial charge in [0.1, 0.15) is 11.8 Å². The Hall–Kier alpha value is -1.44. The van der Waals surface area contributed by atoms with E-state index in [2.05, 4.69) is 0 Å². The summed E-state index contributed by atoms with van der Waals surface area (Å²) in [5.41, 5.74) is -0.254. The first kappa shape index (κ1) is 11.6. The first-order valence-corrected chi connectivity index (χ1v) is 4.83. The van der Waals surface area contributed by atoms with Crippen molar-refractivity contribution in [2.75, 3.05) is 5.88 Å². The Morgan fingerprint density at radius 2 is 2.07 bits per heavy atom. The van der Waals surface area contributed by atoms with Crippen LogP contribution in [0.1, 0.15) is 16.8 Å². The number of halogens is 2. The Labute approximate surface area is 91.4 Å². The maximum Gasteiger partial charge on any atom is 0.202 e. The number of carbonyl (C=O) groups is 1. The second-order valence-electron chi connectivity index (χ2n) is 2.83. The molecule has 0 saturated heterocycles. The van der Waals surface area contributed by atoms with Crippen molar-refractivity contribution in [2.24, 2.45) is 0 Å². The summed E-state index contributed by atoms with van der Waals surface area (Å²) in [4.78, 5) is 22.0. The molecule has 0 aliphatic rings. The zero-order valence-electron chi connectivity index (χ0n) is 7.80. The Bertz CT molecular complexity index is 422. The SMILES string of the molecule is O=C=C(CCCl)C(=O)c1ccccc1F. The molecule has 1 rings (SSSR count). The molecule has 0 saturated carbocycles. The van der Waals surface area contributed by atoms with Crippen LogP contribution >= 0.6 is 11.6 Å². The number of allylic oxidation sites excluding steroid dienone is 1. The van der Waals surface area contributed by atoms with Crippen molar-refractivity contribution in [3.63, 3.8) is 0 Å². The van der Waals surface area contributed by atoms with Crippen LogP contribution in [-0.2, 0) is 4.79 Å². The van der Waals surface area contributed by atoms with Gasteiger partial charge in [0.15, 0.2) is 0 Å². The van der Waals surface area contributed by atoms with Gasteiger partial charge in [-0.3, -0.25) is 4.79 Å². The third-order valence-electron chi connectivity index (χ3n) is 1.86. The highest BCUT2D eigenvalue weighted by Gasteiger charge is 2.16. The Balaban J connectivity index is 3.04. The molecule has 0 spiro atoms. The van der Waals surface area contributed by atoms with Crippen molar-refractivity contribution >= 4 is 23.3 Å². The summed E-state index contributed by atoms with van der Waals surface area (Å²) in [6.07, 6.45) is 0.0955. The van der Waals surface area contributed by atoms with Crippen LogP contribution in [0, 0.1) is 5.82 Å². The van der Waals surface area contributed by atoms with Gasteiger partial charge in [0.25, 0.3) is 0 Å². The topological polar surface area (TPSA) is 34.1 Å². The number of alkyl halides is 1. The second-order valence-corrected chi connectivity index (χ2v) is 3.21. The van der Waals surface area contributed by atoms with Gasteiger partial charge >= 0.3 is 0 Å². The zero-order valence-corrected chi connectivity index (χ0v) is 8.55. The summed E-state index contributed by atoms with van der Waals surface area (Å²) in [6, 6.07) is 5.48. The molecular weight excluding hydrogens is 219 g/mol. The number of hydrogen-bond donors (Lipinski definition) is 0. The minimum Gasteiger partial charge on any atom is -0.288 e. The lowest BCUT2D eigenvalue weighted by molar-refractivity contribution is 0.102. The third-order valence-corrected chi connectivity index (χ3v) is 2.05. The summed E-state index contributed by atoms with van der Waals surface area (Å²) in [6.45, 7) is 0. The van der Waals surface area contributed by atoms with E-state index in [-0.39, 0.29) is 23.4 Å². The first-order valence-electron chi connectivity index (χ1n) is 4.30. The Morgan fingerprint density at radius 3 is 2.60 bits per heavy atom. The van der Waals surface area contributed by atoms with E-state index in [1.165, 1.54) is 24.1 Å². The molecule has 0 aromatic heterocycles. The van der Waals surface area contributed by atoms with E-state index in [0.29, 0.717) is 0 Å². The van der Waals surface area contributed by atoms with Gasteiger partial charge in [-0.2, -0.15) is 0 Å². The van der Waals surface area contributed by atoms with Crippen LogP contribution in [0.25, 0.3) is 0 Å². The number of Topliss-reactive ketones (excluding diaryl/α,β-unsaturated/α-hetero) is 1. The van der Waals surface area contributed by atoms with Crippen LogP contribution in [-0.4, -0.2) is 17.6 Å². The molecule has 0 amide bonds. The molecule has 0 atom stereocenters. The number of rotatable bonds is 4. The van der Waals surface area contributed by atoms with Crippen LogP contribution in [0.3, 0.4) is 0 Å². The summed E-state index contributed by atoms with van der Waals surface area (Å²) >= 11 is 5.40. The van der Waals surface area contributed by atoms with Gasteiger partial charge in [-0.05, 0) is 12.1 Å². The van der Waals surface area contributed by atoms with Gasteiger partial charge in [0.05, 0.1) is 11.1 Å². The molecule has 0 heterocycles. The van der Waals surface area contributed by atoms with E-state index in [9.17, 15) is 14.0 Å². The molecule has 0 N–H and O–H groups in total. The quantitative estimate of drug-likeness (QED) is 0.342. The van der Waals surface area contributed by atoms with E-state index < -0.39 is 11.6 Å².